The molecule has 2 amide bonds. The second-order valence-electron chi connectivity index (χ2n) is 6.25. The Balaban J connectivity index is 1.84. The topological polar surface area (TPSA) is 79.5 Å². The second kappa shape index (κ2) is 10.2. The number of ether oxygens (including phenoxy) is 1. The van der Waals surface area contributed by atoms with Crippen LogP contribution in [0.15, 0.2) is 48.5 Å². The molecular formula is C21H27N3O3. The molecule has 0 heterocycles. The highest BCUT2D eigenvalue weighted by Crippen LogP contribution is 2.19. The van der Waals surface area contributed by atoms with Crippen molar-refractivity contribution in [1.29, 1.82) is 0 Å². The summed E-state index contributed by atoms with van der Waals surface area (Å²) in [5.74, 6) is 0.573. The first-order valence-corrected chi connectivity index (χ1v) is 9.20. The van der Waals surface area contributed by atoms with Crippen LogP contribution in [0.1, 0.15) is 33.6 Å². The fourth-order valence-corrected chi connectivity index (χ4v) is 2.27. The van der Waals surface area contributed by atoms with Gasteiger partial charge in [-0.2, -0.15) is 0 Å². The van der Waals surface area contributed by atoms with Crippen LogP contribution in [-0.4, -0.2) is 24.5 Å². The number of rotatable bonds is 9. The van der Waals surface area contributed by atoms with Crippen molar-refractivity contribution in [1.82, 2.24) is 0 Å². The van der Waals surface area contributed by atoms with Crippen LogP contribution in [0.2, 0.25) is 0 Å². The molecule has 0 aliphatic carbocycles. The number of benzene rings is 2. The maximum atomic E-state index is 12.1. The summed E-state index contributed by atoms with van der Waals surface area (Å²) in [6.07, 6.45) is 1.50. The van der Waals surface area contributed by atoms with Crippen molar-refractivity contribution in [3.8, 4) is 5.75 Å². The Bertz CT molecular complexity index is 760. The molecule has 0 saturated heterocycles. The normalized spacial score (nSPS) is 11.4. The molecule has 6 nitrogen and oxygen atoms in total. The number of hydrogen-bond donors (Lipinski definition) is 3. The molecule has 6 heteroatoms. The molecule has 1 atom stereocenters. The third kappa shape index (κ3) is 7.01. The van der Waals surface area contributed by atoms with Crippen molar-refractivity contribution in [2.45, 2.75) is 39.7 Å². The van der Waals surface area contributed by atoms with Gasteiger partial charge in [-0.25, -0.2) is 0 Å². The number of hydrogen-bond acceptors (Lipinski definition) is 4. The zero-order chi connectivity index (χ0) is 19.6. The van der Waals surface area contributed by atoms with Gasteiger partial charge in [-0.05, 0) is 49.7 Å². The first kappa shape index (κ1) is 20.3. The van der Waals surface area contributed by atoms with Crippen molar-refractivity contribution in [2.24, 2.45) is 0 Å². The van der Waals surface area contributed by atoms with E-state index in [9.17, 15) is 9.59 Å². The number of anilines is 3. The average Bonchev–Trinajstić information content (AvgIpc) is 2.68. The third-order valence-corrected chi connectivity index (χ3v) is 3.97. The summed E-state index contributed by atoms with van der Waals surface area (Å²) < 4.78 is 5.78. The van der Waals surface area contributed by atoms with Gasteiger partial charge in [0.2, 0.25) is 11.8 Å². The summed E-state index contributed by atoms with van der Waals surface area (Å²) in [5.41, 5.74) is 2.20. The van der Waals surface area contributed by atoms with Gasteiger partial charge in [-0.3, -0.25) is 9.59 Å². The van der Waals surface area contributed by atoms with Gasteiger partial charge in [0.25, 0.3) is 0 Å². The van der Waals surface area contributed by atoms with Crippen LogP contribution in [0.3, 0.4) is 0 Å². The Morgan fingerprint density at radius 3 is 2.15 bits per heavy atom. The highest BCUT2D eigenvalue weighted by Gasteiger charge is 2.05. The van der Waals surface area contributed by atoms with Crippen LogP contribution in [0.5, 0.6) is 5.75 Å². The van der Waals surface area contributed by atoms with E-state index in [0.717, 1.165) is 17.9 Å². The first-order valence-electron chi connectivity index (χ1n) is 9.20. The van der Waals surface area contributed by atoms with Gasteiger partial charge < -0.3 is 20.7 Å². The molecule has 3 N–H and O–H groups in total. The van der Waals surface area contributed by atoms with Gasteiger partial charge in [0.1, 0.15) is 5.75 Å². The molecule has 0 aliphatic heterocycles. The van der Waals surface area contributed by atoms with E-state index in [1.54, 1.807) is 31.2 Å². The molecule has 0 radical (unpaired) electrons. The highest BCUT2D eigenvalue weighted by atomic mass is 16.5. The van der Waals surface area contributed by atoms with E-state index in [-0.39, 0.29) is 24.5 Å². The molecule has 27 heavy (non-hydrogen) atoms. The van der Waals surface area contributed by atoms with E-state index in [2.05, 4.69) is 22.9 Å². The molecule has 0 saturated carbocycles. The molecular weight excluding hydrogens is 342 g/mol. The van der Waals surface area contributed by atoms with Gasteiger partial charge in [0.15, 0.2) is 0 Å². The van der Waals surface area contributed by atoms with E-state index in [0.29, 0.717) is 17.8 Å². The summed E-state index contributed by atoms with van der Waals surface area (Å²) >= 11 is 0. The Labute approximate surface area is 160 Å². The van der Waals surface area contributed by atoms with Crippen LogP contribution in [-0.2, 0) is 9.59 Å². The third-order valence-electron chi connectivity index (χ3n) is 3.97. The van der Waals surface area contributed by atoms with Gasteiger partial charge >= 0.3 is 0 Å². The summed E-state index contributed by atoms with van der Waals surface area (Å²) in [6, 6.07) is 14.6. The Kier molecular flexibility index (Phi) is 7.67. The van der Waals surface area contributed by atoms with Crippen LogP contribution < -0.4 is 20.7 Å². The van der Waals surface area contributed by atoms with Crippen molar-refractivity contribution in [2.75, 3.05) is 22.5 Å². The van der Waals surface area contributed by atoms with E-state index in [1.165, 1.54) is 0 Å². The summed E-state index contributed by atoms with van der Waals surface area (Å²) in [4.78, 5) is 23.5. The van der Waals surface area contributed by atoms with Crippen LogP contribution in [0.25, 0.3) is 0 Å². The van der Waals surface area contributed by atoms with Crippen molar-refractivity contribution in [3.63, 3.8) is 0 Å². The van der Waals surface area contributed by atoms with Gasteiger partial charge in [0, 0.05) is 29.5 Å². The number of carbonyl (C=O) groups is 2. The van der Waals surface area contributed by atoms with Crippen molar-refractivity contribution in [3.05, 3.63) is 48.5 Å². The van der Waals surface area contributed by atoms with E-state index >= 15 is 0 Å². The monoisotopic (exact) mass is 369 g/mol. The molecule has 0 aliphatic rings. The predicted octanol–water partition coefficient (Wildman–Crippen LogP) is 4.26. The molecule has 2 aromatic rings. The lowest BCUT2D eigenvalue weighted by Crippen LogP contribution is -2.21. The standard InChI is InChI=1S/C21H27N3O3/c1-4-15(3)27-19-8-6-7-18(13-19)22-14-21(26)24-17-11-9-16(10-12-17)23-20(25)5-2/h6-13,15,22H,4-5,14H2,1-3H3,(H,23,25)(H,24,26). The zero-order valence-electron chi connectivity index (χ0n) is 16.0. The quantitative estimate of drug-likeness (QED) is 0.617. The summed E-state index contributed by atoms with van der Waals surface area (Å²) in [7, 11) is 0. The molecule has 2 aromatic carbocycles. The van der Waals surface area contributed by atoms with Crippen LogP contribution in [0.4, 0.5) is 17.1 Å². The zero-order valence-corrected chi connectivity index (χ0v) is 16.0. The van der Waals surface area contributed by atoms with Gasteiger partial charge in [0.05, 0.1) is 12.6 Å². The second-order valence-corrected chi connectivity index (χ2v) is 6.25. The van der Waals surface area contributed by atoms with Gasteiger partial charge in [-0.1, -0.05) is 19.9 Å². The molecule has 0 bridgehead atoms. The average molecular weight is 369 g/mol. The van der Waals surface area contributed by atoms with Crippen molar-refractivity contribution < 1.29 is 14.3 Å². The summed E-state index contributed by atoms with van der Waals surface area (Å²) in [6.45, 7) is 6.03. The highest BCUT2D eigenvalue weighted by molar-refractivity contribution is 5.94. The Morgan fingerprint density at radius 1 is 0.926 bits per heavy atom. The van der Waals surface area contributed by atoms with E-state index in [4.69, 9.17) is 4.74 Å². The number of amides is 2. The fraction of sp³-hybridized carbons (Fsp3) is 0.333. The van der Waals surface area contributed by atoms with E-state index < -0.39 is 0 Å². The Hall–Kier alpha value is -3.02. The number of carbonyl (C=O) groups excluding carboxylic acids is 2. The van der Waals surface area contributed by atoms with E-state index in [1.807, 2.05) is 31.2 Å². The minimum Gasteiger partial charge on any atom is -0.491 e. The number of nitrogens with one attached hydrogen (secondary N) is 3. The largest absolute Gasteiger partial charge is 0.491 e. The maximum Gasteiger partial charge on any atom is 0.243 e. The predicted molar refractivity (Wildman–Crippen MR) is 109 cm³/mol. The molecule has 0 spiro atoms. The minimum absolute atomic E-state index is 0.0458. The van der Waals surface area contributed by atoms with Crippen LogP contribution in [0, 0.1) is 0 Å². The fourth-order valence-electron chi connectivity index (χ4n) is 2.27. The SMILES string of the molecule is CCC(=O)Nc1ccc(NC(=O)CNc2cccc(OC(C)CC)c2)cc1. The lowest BCUT2D eigenvalue weighted by atomic mass is 10.2. The lowest BCUT2D eigenvalue weighted by molar-refractivity contribution is -0.116. The minimum atomic E-state index is -0.159. The maximum absolute atomic E-state index is 12.1. The molecule has 0 aromatic heterocycles. The van der Waals surface area contributed by atoms with Crippen molar-refractivity contribution >= 4 is 28.9 Å². The Morgan fingerprint density at radius 2 is 1.56 bits per heavy atom. The molecule has 144 valence electrons. The summed E-state index contributed by atoms with van der Waals surface area (Å²) in [5, 5.41) is 8.68. The first-order chi connectivity index (χ1) is 13.0. The molecule has 2 rings (SSSR count). The van der Waals surface area contributed by atoms with Crippen LogP contribution >= 0.6 is 0 Å². The molecule has 0 fully saturated rings. The van der Waals surface area contributed by atoms with Gasteiger partial charge in [-0.15, -0.1) is 0 Å². The molecule has 1 unspecified atom stereocenters. The smallest absolute Gasteiger partial charge is 0.243 e. The lowest BCUT2D eigenvalue weighted by Gasteiger charge is -2.14.